The van der Waals surface area contributed by atoms with E-state index in [0.717, 1.165) is 19.3 Å². The third-order valence-corrected chi connectivity index (χ3v) is 3.24. The van der Waals surface area contributed by atoms with E-state index < -0.39 is 6.10 Å². The largest absolute Gasteiger partial charge is 0.469 e. The van der Waals surface area contributed by atoms with Crippen molar-refractivity contribution >= 4 is 11.9 Å². The molecule has 98 valence electrons. The Morgan fingerprint density at radius 3 is 2.65 bits per heavy atom. The number of carbonyl (C=O) groups excluding carboxylic acids is 2. The van der Waals surface area contributed by atoms with Gasteiger partial charge in [-0.05, 0) is 26.2 Å². The number of rotatable bonds is 4. The lowest BCUT2D eigenvalue weighted by molar-refractivity contribution is -0.148. The normalized spacial score (nSPS) is 22.1. The summed E-state index contributed by atoms with van der Waals surface area (Å²) in [6, 6.07) is -0.0405. The van der Waals surface area contributed by atoms with Gasteiger partial charge in [-0.1, -0.05) is 0 Å². The molecule has 0 spiro atoms. The highest BCUT2D eigenvalue weighted by atomic mass is 16.5. The van der Waals surface area contributed by atoms with Crippen LogP contribution in [0.1, 0.15) is 32.6 Å². The van der Waals surface area contributed by atoms with E-state index >= 15 is 0 Å². The number of piperidine rings is 1. The zero-order valence-corrected chi connectivity index (χ0v) is 10.8. The molecule has 1 amide bonds. The predicted octanol–water partition coefficient (Wildman–Crippen LogP) is 0.965. The lowest BCUT2D eigenvalue weighted by Crippen LogP contribution is -2.48. The Morgan fingerprint density at radius 1 is 1.35 bits per heavy atom. The van der Waals surface area contributed by atoms with Crippen molar-refractivity contribution in [1.29, 1.82) is 0 Å². The molecule has 5 nitrogen and oxygen atoms in total. The van der Waals surface area contributed by atoms with E-state index in [1.54, 1.807) is 11.8 Å². The zero-order valence-electron chi connectivity index (χ0n) is 10.8. The molecule has 5 heteroatoms. The topological polar surface area (TPSA) is 55.8 Å². The standard InChI is InChI=1S/C12H21NO4/c1-9(16-2)12(15)13-7-5-4-6-10(13)8-11(14)17-3/h9-10H,4-8H2,1-3H3. The molecule has 1 aliphatic rings. The summed E-state index contributed by atoms with van der Waals surface area (Å²) < 4.78 is 9.70. The maximum absolute atomic E-state index is 12.1. The smallest absolute Gasteiger partial charge is 0.307 e. The summed E-state index contributed by atoms with van der Waals surface area (Å²) in [5, 5.41) is 0. The van der Waals surface area contributed by atoms with Crippen LogP contribution in [-0.4, -0.2) is 49.7 Å². The van der Waals surface area contributed by atoms with Crippen molar-refractivity contribution in [2.24, 2.45) is 0 Å². The maximum atomic E-state index is 12.1. The lowest BCUT2D eigenvalue weighted by Gasteiger charge is -2.36. The van der Waals surface area contributed by atoms with Gasteiger partial charge in [0.15, 0.2) is 0 Å². The zero-order chi connectivity index (χ0) is 12.8. The second-order valence-electron chi connectivity index (χ2n) is 4.34. The van der Waals surface area contributed by atoms with Crippen LogP contribution in [0, 0.1) is 0 Å². The molecule has 0 aromatic heterocycles. The summed E-state index contributed by atoms with van der Waals surface area (Å²) in [7, 11) is 2.89. The van der Waals surface area contributed by atoms with Gasteiger partial charge in [0, 0.05) is 19.7 Å². The molecule has 0 aromatic rings. The third-order valence-electron chi connectivity index (χ3n) is 3.24. The SMILES string of the molecule is COC(=O)CC1CCCCN1C(=O)C(C)OC. The fraction of sp³-hybridized carbons (Fsp3) is 0.833. The number of hydrogen-bond acceptors (Lipinski definition) is 4. The van der Waals surface area contributed by atoms with Gasteiger partial charge in [0.2, 0.25) is 0 Å². The van der Waals surface area contributed by atoms with Crippen LogP contribution in [0.2, 0.25) is 0 Å². The van der Waals surface area contributed by atoms with Crippen molar-refractivity contribution in [3.8, 4) is 0 Å². The van der Waals surface area contributed by atoms with Gasteiger partial charge in [0.05, 0.1) is 13.5 Å². The molecule has 0 aromatic carbocycles. The molecule has 1 saturated heterocycles. The van der Waals surface area contributed by atoms with Gasteiger partial charge in [-0.3, -0.25) is 9.59 Å². The summed E-state index contributed by atoms with van der Waals surface area (Å²) in [5.41, 5.74) is 0. The van der Waals surface area contributed by atoms with Gasteiger partial charge in [-0.15, -0.1) is 0 Å². The van der Waals surface area contributed by atoms with E-state index in [0.29, 0.717) is 6.54 Å². The molecular formula is C12H21NO4. The van der Waals surface area contributed by atoms with Crippen LogP contribution in [0.4, 0.5) is 0 Å². The van der Waals surface area contributed by atoms with Crippen LogP contribution >= 0.6 is 0 Å². The Labute approximate surface area is 102 Å². The molecule has 2 unspecified atom stereocenters. The average molecular weight is 243 g/mol. The fourth-order valence-electron chi connectivity index (χ4n) is 2.11. The highest BCUT2D eigenvalue weighted by molar-refractivity contribution is 5.81. The average Bonchev–Trinajstić information content (AvgIpc) is 2.37. The molecular weight excluding hydrogens is 222 g/mol. The molecule has 1 aliphatic heterocycles. The minimum Gasteiger partial charge on any atom is -0.469 e. The minimum atomic E-state index is -0.451. The van der Waals surface area contributed by atoms with E-state index in [1.807, 2.05) is 0 Å². The first-order chi connectivity index (χ1) is 8.10. The summed E-state index contributed by atoms with van der Waals surface area (Å²) in [6.45, 7) is 2.43. The second kappa shape index (κ2) is 6.59. The summed E-state index contributed by atoms with van der Waals surface area (Å²) in [4.78, 5) is 25.1. The number of nitrogens with zero attached hydrogens (tertiary/aromatic N) is 1. The second-order valence-corrected chi connectivity index (χ2v) is 4.34. The first kappa shape index (κ1) is 14.0. The maximum Gasteiger partial charge on any atom is 0.307 e. The van der Waals surface area contributed by atoms with Gasteiger partial charge in [-0.25, -0.2) is 0 Å². The molecule has 1 fully saturated rings. The third kappa shape index (κ3) is 3.70. The van der Waals surface area contributed by atoms with Gasteiger partial charge in [-0.2, -0.15) is 0 Å². The van der Waals surface area contributed by atoms with Crippen LogP contribution in [0.25, 0.3) is 0 Å². The minimum absolute atomic E-state index is 0.0405. The number of amides is 1. The first-order valence-electron chi connectivity index (χ1n) is 6.00. The van der Waals surface area contributed by atoms with Crippen LogP contribution in [-0.2, 0) is 19.1 Å². The molecule has 0 radical (unpaired) electrons. The Kier molecular flexibility index (Phi) is 5.41. The quantitative estimate of drug-likeness (QED) is 0.690. The van der Waals surface area contributed by atoms with E-state index in [2.05, 4.69) is 4.74 Å². The molecule has 0 aliphatic carbocycles. The van der Waals surface area contributed by atoms with Gasteiger partial charge >= 0.3 is 5.97 Å². The molecule has 2 atom stereocenters. The Morgan fingerprint density at radius 2 is 2.06 bits per heavy atom. The van der Waals surface area contributed by atoms with Crippen molar-refractivity contribution in [1.82, 2.24) is 4.90 Å². The highest BCUT2D eigenvalue weighted by Gasteiger charge is 2.31. The molecule has 0 N–H and O–H groups in total. The number of ether oxygens (including phenoxy) is 2. The van der Waals surface area contributed by atoms with Gasteiger partial charge < -0.3 is 14.4 Å². The molecule has 17 heavy (non-hydrogen) atoms. The van der Waals surface area contributed by atoms with Crippen molar-refractivity contribution in [2.75, 3.05) is 20.8 Å². The van der Waals surface area contributed by atoms with Crippen LogP contribution in [0.3, 0.4) is 0 Å². The molecule has 1 heterocycles. The Hall–Kier alpha value is -1.10. The number of hydrogen-bond donors (Lipinski definition) is 0. The van der Waals surface area contributed by atoms with E-state index in [1.165, 1.54) is 14.2 Å². The van der Waals surface area contributed by atoms with Crippen molar-refractivity contribution in [3.05, 3.63) is 0 Å². The summed E-state index contributed by atoms with van der Waals surface area (Å²) >= 11 is 0. The monoisotopic (exact) mass is 243 g/mol. The predicted molar refractivity (Wildman–Crippen MR) is 62.5 cm³/mol. The first-order valence-corrected chi connectivity index (χ1v) is 6.00. The lowest BCUT2D eigenvalue weighted by atomic mass is 9.98. The van der Waals surface area contributed by atoms with Crippen molar-refractivity contribution in [2.45, 2.75) is 44.8 Å². The van der Waals surface area contributed by atoms with E-state index in [4.69, 9.17) is 4.74 Å². The van der Waals surface area contributed by atoms with E-state index in [-0.39, 0.29) is 24.3 Å². The van der Waals surface area contributed by atoms with Gasteiger partial charge in [0.25, 0.3) is 5.91 Å². The summed E-state index contributed by atoms with van der Waals surface area (Å²) in [6.07, 6.45) is 2.72. The fourth-order valence-corrected chi connectivity index (χ4v) is 2.11. The van der Waals surface area contributed by atoms with Crippen molar-refractivity contribution in [3.63, 3.8) is 0 Å². The molecule has 0 saturated carbocycles. The number of methoxy groups -OCH3 is 2. The number of esters is 1. The molecule has 0 bridgehead atoms. The summed E-state index contributed by atoms with van der Waals surface area (Å²) in [5.74, 6) is -0.305. The number of carbonyl (C=O) groups is 2. The van der Waals surface area contributed by atoms with E-state index in [9.17, 15) is 9.59 Å². The van der Waals surface area contributed by atoms with Crippen LogP contribution in [0.5, 0.6) is 0 Å². The molecule has 1 rings (SSSR count). The Bertz CT molecular complexity index is 280. The highest BCUT2D eigenvalue weighted by Crippen LogP contribution is 2.21. The Balaban J connectivity index is 2.65. The van der Waals surface area contributed by atoms with Crippen molar-refractivity contribution < 1.29 is 19.1 Å². The van der Waals surface area contributed by atoms with Crippen LogP contribution < -0.4 is 0 Å². The number of likely N-dealkylation sites (tertiary alicyclic amines) is 1. The van der Waals surface area contributed by atoms with Gasteiger partial charge in [0.1, 0.15) is 6.10 Å². The van der Waals surface area contributed by atoms with Crippen LogP contribution in [0.15, 0.2) is 0 Å².